The minimum absolute atomic E-state index is 0.00866. The second-order valence-corrected chi connectivity index (χ2v) is 12.8. The highest BCUT2D eigenvalue weighted by Gasteiger charge is 2.68. The lowest BCUT2D eigenvalue weighted by Gasteiger charge is -2.59. The number of fused-ring (bicyclic) bond motifs is 5. The summed E-state index contributed by atoms with van der Waals surface area (Å²) in [5, 5.41) is 26.0. The Hall–Kier alpha value is -3.30. The lowest BCUT2D eigenvalue weighted by molar-refractivity contribution is -0.181. The number of carbonyl (C=O) groups is 4. The van der Waals surface area contributed by atoms with Gasteiger partial charge in [-0.05, 0) is 73.8 Å². The molecule has 42 heavy (non-hydrogen) atoms. The van der Waals surface area contributed by atoms with Crippen molar-refractivity contribution >= 4 is 23.4 Å². The summed E-state index contributed by atoms with van der Waals surface area (Å²) in [5.74, 6) is -0.899. The Morgan fingerprint density at radius 2 is 1.83 bits per heavy atom. The van der Waals surface area contributed by atoms with E-state index in [1.54, 1.807) is 31.4 Å². The van der Waals surface area contributed by atoms with E-state index in [4.69, 9.17) is 9.47 Å². The molecule has 1 amide bonds. The topological polar surface area (TPSA) is 139 Å². The highest BCUT2D eigenvalue weighted by atomic mass is 16.5. The molecule has 4 aliphatic rings. The van der Waals surface area contributed by atoms with E-state index in [2.05, 4.69) is 12.2 Å². The van der Waals surface area contributed by atoms with Crippen molar-refractivity contribution in [3.8, 4) is 5.75 Å². The van der Waals surface area contributed by atoms with Crippen LogP contribution in [0.25, 0.3) is 0 Å². The van der Waals surface area contributed by atoms with Crippen LogP contribution in [0.4, 0.5) is 0 Å². The summed E-state index contributed by atoms with van der Waals surface area (Å²) in [6.07, 6.45) is 6.81. The standard InChI is InChI=1S/C33H41NO8/c1-31-14-12-22(35)16-21(31)6-9-24-25-13-15-33(40,32(25,2)17-26(36)30(24)31)27(37)19-42-29(39)11-10-28(38)34-18-20-4-7-23(41-3)8-5-20/h4-5,7-8,12,14,16,24-26,30,36,40H,6,9-11,13,15,17-19H2,1-3H3,(H,34,38)/t24-,25-,26+,30+,31-,32-,33-/m0/s1. The van der Waals surface area contributed by atoms with Crippen molar-refractivity contribution in [1.29, 1.82) is 0 Å². The quantitative estimate of drug-likeness (QED) is 0.379. The first-order valence-corrected chi connectivity index (χ1v) is 14.8. The van der Waals surface area contributed by atoms with Crippen molar-refractivity contribution in [1.82, 2.24) is 5.32 Å². The number of benzene rings is 1. The van der Waals surface area contributed by atoms with Crippen molar-refractivity contribution < 1.29 is 38.9 Å². The van der Waals surface area contributed by atoms with E-state index in [-0.39, 0.29) is 55.1 Å². The van der Waals surface area contributed by atoms with Gasteiger partial charge in [-0.25, -0.2) is 0 Å². The Balaban J connectivity index is 1.15. The summed E-state index contributed by atoms with van der Waals surface area (Å²) < 4.78 is 10.3. The first-order valence-electron chi connectivity index (χ1n) is 14.8. The van der Waals surface area contributed by atoms with Crippen molar-refractivity contribution in [2.45, 2.75) is 77.0 Å². The van der Waals surface area contributed by atoms with E-state index in [1.165, 1.54) is 0 Å². The molecule has 9 nitrogen and oxygen atoms in total. The fourth-order valence-electron chi connectivity index (χ4n) is 8.37. The second kappa shape index (κ2) is 11.4. The highest BCUT2D eigenvalue weighted by Crippen LogP contribution is 2.67. The van der Waals surface area contributed by atoms with Gasteiger partial charge in [0, 0.05) is 29.7 Å². The van der Waals surface area contributed by atoms with Gasteiger partial charge in [-0.15, -0.1) is 0 Å². The Labute approximate surface area is 246 Å². The first kappa shape index (κ1) is 30.2. The summed E-state index contributed by atoms with van der Waals surface area (Å²) in [5.41, 5.74) is -1.10. The lowest BCUT2D eigenvalue weighted by Crippen LogP contribution is -2.61. The maximum absolute atomic E-state index is 13.4. The van der Waals surface area contributed by atoms with E-state index in [1.807, 2.05) is 25.1 Å². The minimum atomic E-state index is -1.73. The molecular weight excluding hydrogens is 538 g/mol. The molecule has 1 aromatic carbocycles. The van der Waals surface area contributed by atoms with Crippen LogP contribution in [-0.4, -0.2) is 59.1 Å². The number of rotatable bonds is 9. The first-order chi connectivity index (χ1) is 19.9. The number of carbonyl (C=O) groups excluding carboxylic acids is 4. The number of aliphatic hydroxyl groups excluding tert-OH is 1. The normalized spacial score (nSPS) is 34.9. The average molecular weight is 580 g/mol. The molecule has 7 atom stereocenters. The number of ether oxygens (including phenoxy) is 2. The summed E-state index contributed by atoms with van der Waals surface area (Å²) in [6, 6.07) is 7.26. The Bertz CT molecular complexity index is 1320. The molecule has 1 aromatic rings. The summed E-state index contributed by atoms with van der Waals surface area (Å²) in [6.45, 7) is 3.69. The molecule has 0 bridgehead atoms. The Morgan fingerprint density at radius 1 is 1.10 bits per heavy atom. The molecule has 0 aliphatic heterocycles. The van der Waals surface area contributed by atoms with Gasteiger partial charge in [0.2, 0.25) is 11.7 Å². The second-order valence-electron chi connectivity index (χ2n) is 12.8. The highest BCUT2D eigenvalue weighted by molar-refractivity contribution is 6.01. The van der Waals surface area contributed by atoms with Crippen LogP contribution in [0.2, 0.25) is 0 Å². The number of nitrogens with one attached hydrogen (secondary N) is 1. The molecule has 4 aliphatic carbocycles. The molecule has 3 saturated carbocycles. The van der Waals surface area contributed by atoms with E-state index in [0.29, 0.717) is 18.7 Å². The fourth-order valence-corrected chi connectivity index (χ4v) is 8.37. The minimum Gasteiger partial charge on any atom is -0.497 e. The van der Waals surface area contributed by atoms with Crippen molar-refractivity contribution in [3.63, 3.8) is 0 Å². The van der Waals surface area contributed by atoms with Gasteiger partial charge in [0.05, 0.1) is 19.6 Å². The molecular formula is C33H41NO8. The summed E-state index contributed by atoms with van der Waals surface area (Å²) in [4.78, 5) is 50.0. The van der Waals surface area contributed by atoms with Gasteiger partial charge in [-0.2, -0.15) is 0 Å². The van der Waals surface area contributed by atoms with Crippen LogP contribution in [-0.2, 0) is 30.5 Å². The van der Waals surface area contributed by atoms with Gasteiger partial charge >= 0.3 is 5.97 Å². The monoisotopic (exact) mass is 579 g/mol. The molecule has 5 rings (SSSR count). The van der Waals surface area contributed by atoms with E-state index in [0.717, 1.165) is 24.0 Å². The fraction of sp³-hybridized carbons (Fsp3) is 0.576. The number of allylic oxidation sites excluding steroid dienone is 4. The zero-order valence-corrected chi connectivity index (χ0v) is 24.6. The number of methoxy groups -OCH3 is 1. The average Bonchev–Trinajstić information content (AvgIpc) is 3.24. The summed E-state index contributed by atoms with van der Waals surface area (Å²) in [7, 11) is 1.58. The predicted molar refractivity (Wildman–Crippen MR) is 153 cm³/mol. The van der Waals surface area contributed by atoms with Crippen LogP contribution in [0.1, 0.15) is 64.4 Å². The van der Waals surface area contributed by atoms with Gasteiger partial charge in [-0.3, -0.25) is 19.2 Å². The molecule has 3 N–H and O–H groups in total. The molecule has 0 unspecified atom stereocenters. The third-order valence-corrected chi connectivity index (χ3v) is 10.7. The predicted octanol–water partition coefficient (Wildman–Crippen LogP) is 3.21. The molecule has 226 valence electrons. The maximum atomic E-state index is 13.4. The molecule has 0 aromatic heterocycles. The van der Waals surface area contributed by atoms with Crippen LogP contribution in [0.15, 0.2) is 48.1 Å². The zero-order chi connectivity index (χ0) is 30.3. The molecule has 0 radical (unpaired) electrons. The van der Waals surface area contributed by atoms with E-state index >= 15 is 0 Å². The number of aliphatic hydroxyl groups is 2. The molecule has 0 saturated heterocycles. The van der Waals surface area contributed by atoms with Gasteiger partial charge in [0.25, 0.3) is 0 Å². The van der Waals surface area contributed by atoms with E-state index in [9.17, 15) is 29.4 Å². The van der Waals surface area contributed by atoms with Gasteiger partial charge in [0.15, 0.2) is 12.4 Å². The number of esters is 1. The number of hydrogen-bond donors (Lipinski definition) is 3. The Morgan fingerprint density at radius 3 is 2.55 bits per heavy atom. The summed E-state index contributed by atoms with van der Waals surface area (Å²) >= 11 is 0. The lowest BCUT2D eigenvalue weighted by atomic mass is 9.46. The third-order valence-electron chi connectivity index (χ3n) is 10.7. The number of ketones is 2. The molecule has 0 spiro atoms. The van der Waals surface area contributed by atoms with Crippen LogP contribution >= 0.6 is 0 Å². The van der Waals surface area contributed by atoms with Gasteiger partial charge in [-0.1, -0.05) is 37.6 Å². The smallest absolute Gasteiger partial charge is 0.306 e. The van der Waals surface area contributed by atoms with Crippen LogP contribution in [0, 0.1) is 28.6 Å². The van der Waals surface area contributed by atoms with Gasteiger partial charge < -0.3 is 25.0 Å². The molecule has 3 fully saturated rings. The number of hydrogen-bond acceptors (Lipinski definition) is 8. The third kappa shape index (κ3) is 5.22. The van der Waals surface area contributed by atoms with Crippen LogP contribution < -0.4 is 10.1 Å². The number of amides is 1. The van der Waals surface area contributed by atoms with Crippen molar-refractivity contribution in [2.24, 2.45) is 28.6 Å². The Kier molecular flexibility index (Phi) is 8.20. The van der Waals surface area contributed by atoms with Gasteiger partial charge in [0.1, 0.15) is 11.4 Å². The SMILES string of the molecule is COc1ccc(CNC(=O)CCC(=O)OCC(=O)[C@@]2(O)CC[C@H]3[C@@H]4CCC5=CC(=O)C=C[C@]5(C)[C@H]4[C@H](O)C[C@@]32C)cc1. The van der Waals surface area contributed by atoms with Crippen LogP contribution in [0.3, 0.4) is 0 Å². The largest absolute Gasteiger partial charge is 0.497 e. The van der Waals surface area contributed by atoms with E-state index < -0.39 is 40.9 Å². The number of Topliss-reactive ketones (excluding diaryl/α,β-unsaturated/α-hetero) is 1. The van der Waals surface area contributed by atoms with Crippen LogP contribution in [0.5, 0.6) is 5.75 Å². The zero-order valence-electron chi connectivity index (χ0n) is 24.6. The molecule has 0 heterocycles. The maximum Gasteiger partial charge on any atom is 0.306 e. The molecule has 9 heteroatoms. The van der Waals surface area contributed by atoms with Crippen molar-refractivity contribution in [2.75, 3.05) is 13.7 Å². The van der Waals surface area contributed by atoms with Crippen molar-refractivity contribution in [3.05, 3.63) is 53.6 Å².